The maximum atomic E-state index is 12.2. The number of nitrogens with zero attached hydrogens (tertiary/aromatic N) is 2. The molecule has 1 atom stereocenters. The highest BCUT2D eigenvalue weighted by Gasteiger charge is 2.43. The summed E-state index contributed by atoms with van der Waals surface area (Å²) in [7, 11) is 1.59. The van der Waals surface area contributed by atoms with E-state index in [1.807, 2.05) is 0 Å². The van der Waals surface area contributed by atoms with Crippen molar-refractivity contribution < 1.29 is 14.7 Å². The van der Waals surface area contributed by atoms with E-state index in [1.54, 1.807) is 7.05 Å². The summed E-state index contributed by atoms with van der Waals surface area (Å²) >= 11 is 0. The number of amides is 1. The summed E-state index contributed by atoms with van der Waals surface area (Å²) < 4.78 is 1.35. The van der Waals surface area contributed by atoms with Gasteiger partial charge in [-0.15, -0.1) is 0 Å². The zero-order chi connectivity index (χ0) is 14.2. The molecule has 7 nitrogen and oxygen atoms in total. The molecule has 7 heteroatoms. The Labute approximate surface area is 109 Å². The van der Waals surface area contributed by atoms with Gasteiger partial charge in [0.15, 0.2) is 0 Å². The monoisotopic (exact) mass is 265 g/mol. The highest BCUT2D eigenvalue weighted by atomic mass is 16.4. The molecule has 0 spiro atoms. The van der Waals surface area contributed by atoms with Gasteiger partial charge in [-0.25, -0.2) is 0 Å². The van der Waals surface area contributed by atoms with Crippen LogP contribution in [0.2, 0.25) is 0 Å². The number of likely N-dealkylation sites (tertiary alicyclic amines) is 1. The molecule has 0 aromatic carbocycles. The molecule has 0 aliphatic carbocycles. The number of nitrogens with two attached hydrogens (primary N) is 1. The largest absolute Gasteiger partial charge is 0.480 e. The molecule has 1 unspecified atom stereocenters. The minimum atomic E-state index is -1.39. The van der Waals surface area contributed by atoms with Gasteiger partial charge in [-0.3, -0.25) is 14.4 Å². The third-order valence-electron chi connectivity index (χ3n) is 3.37. The summed E-state index contributed by atoms with van der Waals surface area (Å²) in [5, 5.41) is 9.01. The van der Waals surface area contributed by atoms with E-state index in [0.29, 0.717) is 0 Å². The first-order valence-corrected chi connectivity index (χ1v) is 5.82. The summed E-state index contributed by atoms with van der Waals surface area (Å²) in [6.07, 6.45) is 1.71. The van der Waals surface area contributed by atoms with E-state index in [2.05, 4.69) is 0 Å². The zero-order valence-electron chi connectivity index (χ0n) is 10.5. The van der Waals surface area contributed by atoms with Gasteiger partial charge in [-0.2, -0.15) is 0 Å². The van der Waals surface area contributed by atoms with Gasteiger partial charge in [0.25, 0.3) is 11.5 Å². The third-order valence-corrected chi connectivity index (χ3v) is 3.37. The van der Waals surface area contributed by atoms with Crippen molar-refractivity contribution in [3.05, 3.63) is 34.2 Å². The van der Waals surface area contributed by atoms with Crippen molar-refractivity contribution in [2.24, 2.45) is 12.8 Å². The first-order valence-electron chi connectivity index (χ1n) is 5.82. The second-order valence-corrected chi connectivity index (χ2v) is 4.80. The van der Waals surface area contributed by atoms with Crippen LogP contribution in [0.5, 0.6) is 0 Å². The van der Waals surface area contributed by atoms with Crippen LogP contribution in [0.3, 0.4) is 0 Å². The smallest absolute Gasteiger partial charge is 0.325 e. The second kappa shape index (κ2) is 4.51. The Morgan fingerprint density at radius 1 is 1.47 bits per heavy atom. The molecule has 1 fully saturated rings. The lowest BCUT2D eigenvalue weighted by Crippen LogP contribution is -2.50. The van der Waals surface area contributed by atoms with Gasteiger partial charge in [-0.1, -0.05) is 0 Å². The second-order valence-electron chi connectivity index (χ2n) is 4.80. The number of hydrogen-bond acceptors (Lipinski definition) is 4. The number of rotatable bonds is 2. The molecule has 1 amide bonds. The van der Waals surface area contributed by atoms with E-state index in [0.717, 1.165) is 0 Å². The Hall–Kier alpha value is -2.15. The lowest BCUT2D eigenvalue weighted by atomic mass is 10.0. The lowest BCUT2D eigenvalue weighted by Gasteiger charge is -2.20. The van der Waals surface area contributed by atoms with E-state index in [1.165, 1.54) is 27.8 Å². The Morgan fingerprint density at radius 3 is 2.68 bits per heavy atom. The van der Waals surface area contributed by atoms with Crippen LogP contribution < -0.4 is 11.3 Å². The fraction of sp³-hybridized carbons (Fsp3) is 0.417. The van der Waals surface area contributed by atoms with Crippen molar-refractivity contribution in [2.75, 3.05) is 13.1 Å². The zero-order valence-corrected chi connectivity index (χ0v) is 10.5. The van der Waals surface area contributed by atoms with Gasteiger partial charge in [-0.05, 0) is 12.5 Å². The molecule has 1 saturated heterocycles. The molecular formula is C12H15N3O4. The fourth-order valence-electron chi connectivity index (χ4n) is 2.05. The predicted molar refractivity (Wildman–Crippen MR) is 66.8 cm³/mol. The van der Waals surface area contributed by atoms with Crippen molar-refractivity contribution in [1.29, 1.82) is 0 Å². The van der Waals surface area contributed by atoms with Crippen molar-refractivity contribution in [3.63, 3.8) is 0 Å². The van der Waals surface area contributed by atoms with Crippen LogP contribution in [0.4, 0.5) is 0 Å². The van der Waals surface area contributed by atoms with E-state index in [4.69, 9.17) is 10.8 Å². The third kappa shape index (κ3) is 2.37. The SMILES string of the molecule is Cn1ccc(C(=O)N2CCC(N)(C(=O)O)C2)cc1=O. The molecule has 1 aromatic rings. The van der Waals surface area contributed by atoms with Crippen LogP contribution in [0, 0.1) is 0 Å². The standard InChI is InChI=1S/C12H15N3O4/c1-14-4-2-8(6-9(14)16)10(17)15-5-3-12(13,7-15)11(18)19/h2,4,6H,3,5,7,13H2,1H3,(H,18,19). The van der Waals surface area contributed by atoms with E-state index < -0.39 is 11.5 Å². The summed E-state index contributed by atoms with van der Waals surface area (Å²) in [5.74, 6) is -1.49. The topological polar surface area (TPSA) is 106 Å². The minimum Gasteiger partial charge on any atom is -0.480 e. The quantitative estimate of drug-likeness (QED) is 0.714. The number of pyridine rings is 1. The molecule has 2 heterocycles. The average molecular weight is 265 g/mol. The summed E-state index contributed by atoms with van der Waals surface area (Å²) in [6.45, 7) is 0.229. The first-order chi connectivity index (χ1) is 8.83. The fourth-order valence-corrected chi connectivity index (χ4v) is 2.05. The van der Waals surface area contributed by atoms with Gasteiger partial charge in [0, 0.05) is 38.0 Å². The van der Waals surface area contributed by atoms with Gasteiger partial charge in [0.1, 0.15) is 5.54 Å². The van der Waals surface area contributed by atoms with Gasteiger partial charge < -0.3 is 20.3 Å². The maximum Gasteiger partial charge on any atom is 0.325 e. The highest BCUT2D eigenvalue weighted by molar-refractivity contribution is 5.95. The molecular weight excluding hydrogens is 250 g/mol. The molecule has 2 rings (SSSR count). The van der Waals surface area contributed by atoms with Gasteiger partial charge >= 0.3 is 5.97 Å². The van der Waals surface area contributed by atoms with Crippen LogP contribution >= 0.6 is 0 Å². The minimum absolute atomic E-state index is 0.0453. The predicted octanol–water partition coefficient (Wildman–Crippen LogP) is -0.987. The lowest BCUT2D eigenvalue weighted by molar-refractivity contribution is -0.142. The van der Waals surface area contributed by atoms with Crippen molar-refractivity contribution >= 4 is 11.9 Å². The summed E-state index contributed by atoms with van der Waals surface area (Å²) in [6, 6.07) is 2.76. The molecule has 1 aromatic heterocycles. The summed E-state index contributed by atoms with van der Waals surface area (Å²) in [4.78, 5) is 36.0. The molecule has 1 aliphatic heterocycles. The Balaban J connectivity index is 2.20. The average Bonchev–Trinajstić information content (AvgIpc) is 2.76. The van der Waals surface area contributed by atoms with Crippen LogP contribution in [-0.2, 0) is 11.8 Å². The molecule has 0 bridgehead atoms. The number of hydrogen-bond donors (Lipinski definition) is 2. The van der Waals surface area contributed by atoms with Crippen molar-refractivity contribution in [3.8, 4) is 0 Å². The van der Waals surface area contributed by atoms with E-state index >= 15 is 0 Å². The van der Waals surface area contributed by atoms with Crippen LogP contribution in [0.1, 0.15) is 16.8 Å². The highest BCUT2D eigenvalue weighted by Crippen LogP contribution is 2.20. The molecule has 102 valence electrons. The van der Waals surface area contributed by atoms with Crippen LogP contribution in [0.25, 0.3) is 0 Å². The van der Waals surface area contributed by atoms with Gasteiger partial charge in [0.05, 0.1) is 0 Å². The first kappa shape index (κ1) is 13.3. The maximum absolute atomic E-state index is 12.2. The van der Waals surface area contributed by atoms with Crippen molar-refractivity contribution in [2.45, 2.75) is 12.0 Å². The van der Waals surface area contributed by atoms with E-state index in [9.17, 15) is 14.4 Å². The number of carboxylic acids is 1. The normalized spacial score (nSPS) is 22.5. The number of carboxylic acid groups (broad SMARTS) is 1. The Morgan fingerprint density at radius 2 is 2.16 bits per heavy atom. The number of aryl methyl sites for hydroxylation is 1. The van der Waals surface area contributed by atoms with Crippen LogP contribution in [0.15, 0.2) is 23.1 Å². The molecule has 1 aliphatic rings. The molecule has 3 N–H and O–H groups in total. The Kier molecular flexibility index (Phi) is 3.15. The van der Waals surface area contributed by atoms with E-state index in [-0.39, 0.29) is 36.5 Å². The molecule has 0 radical (unpaired) electrons. The summed E-state index contributed by atoms with van der Waals surface area (Å²) in [5.41, 5.74) is 4.27. The molecule has 19 heavy (non-hydrogen) atoms. The number of aromatic nitrogens is 1. The van der Waals surface area contributed by atoms with Crippen molar-refractivity contribution in [1.82, 2.24) is 9.47 Å². The molecule has 0 saturated carbocycles. The number of carbonyl (C=O) groups is 2. The number of carbonyl (C=O) groups excluding carboxylic acids is 1. The number of aliphatic carboxylic acids is 1. The Bertz CT molecular complexity index is 595. The van der Waals surface area contributed by atoms with Crippen LogP contribution in [-0.4, -0.2) is 45.1 Å². The van der Waals surface area contributed by atoms with Gasteiger partial charge in [0.2, 0.25) is 0 Å².